The van der Waals surface area contributed by atoms with Crippen LogP contribution in [0.1, 0.15) is 6.42 Å². The third-order valence-corrected chi connectivity index (χ3v) is 4.11. The van der Waals surface area contributed by atoms with Crippen molar-refractivity contribution >= 4 is 15.7 Å². The van der Waals surface area contributed by atoms with E-state index >= 15 is 0 Å². The molecule has 0 spiro atoms. The highest BCUT2D eigenvalue weighted by molar-refractivity contribution is 7.90. The summed E-state index contributed by atoms with van der Waals surface area (Å²) < 4.78 is 71.9. The third kappa shape index (κ3) is 6.16. The van der Waals surface area contributed by atoms with Gasteiger partial charge in [0.2, 0.25) is 5.91 Å². The summed E-state index contributed by atoms with van der Waals surface area (Å²) >= 11 is 0. The zero-order chi connectivity index (χ0) is 16.3. The molecule has 0 atom stereocenters. The second-order valence-electron chi connectivity index (χ2n) is 5.10. The van der Waals surface area contributed by atoms with E-state index in [0.29, 0.717) is 0 Å². The molecular weight excluding hydrogens is 316 g/mol. The average molecular weight is 334 g/mol. The number of carbonyl (C=O) groups is 1. The highest BCUT2D eigenvalue weighted by Gasteiger charge is 2.42. The Hall–Kier alpha value is -0.900. The predicted octanol–water partition coefficient (Wildman–Crippen LogP) is 0.466. The van der Waals surface area contributed by atoms with Crippen molar-refractivity contribution in [2.75, 3.05) is 44.7 Å². The minimum Gasteiger partial charge on any atom is -0.340 e. The highest BCUT2D eigenvalue weighted by Crippen LogP contribution is 2.24. The molecule has 10 heteroatoms. The van der Waals surface area contributed by atoms with Crippen LogP contribution in [0.3, 0.4) is 0 Å². The Kier molecular flexibility index (Phi) is 5.97. The van der Waals surface area contributed by atoms with Gasteiger partial charge in [0.25, 0.3) is 0 Å². The summed E-state index contributed by atoms with van der Waals surface area (Å²) in [5.41, 5.74) is 0. The van der Waals surface area contributed by atoms with E-state index in [-0.39, 0.29) is 44.3 Å². The molecule has 1 heterocycles. The molecule has 1 fully saturated rings. The lowest BCUT2D eigenvalue weighted by atomic mass is 10.2. The molecule has 0 N–H and O–H groups in total. The van der Waals surface area contributed by atoms with E-state index in [9.17, 15) is 30.8 Å². The van der Waals surface area contributed by atoms with Crippen LogP contribution in [-0.4, -0.2) is 81.2 Å². The molecule has 1 saturated heterocycles. The Balaban J connectivity index is 2.40. The monoisotopic (exact) mass is 334 g/mol. The molecule has 0 aromatic rings. The predicted molar refractivity (Wildman–Crippen MR) is 68.3 cm³/mol. The van der Waals surface area contributed by atoms with Crippen molar-refractivity contribution < 1.29 is 30.8 Å². The quantitative estimate of drug-likeness (QED) is 0.663. The molecule has 0 aromatic heterocycles. The summed E-state index contributed by atoms with van der Waals surface area (Å²) in [7, 11) is -3.24. The van der Waals surface area contributed by atoms with Crippen molar-refractivity contribution in [1.29, 1.82) is 0 Å². The van der Waals surface area contributed by atoms with Crippen LogP contribution in [-0.2, 0) is 14.6 Å². The number of halogens is 4. The fraction of sp³-hybridized carbons (Fsp3) is 0.909. The van der Waals surface area contributed by atoms with Gasteiger partial charge in [0.05, 0.1) is 12.3 Å². The number of alkyl halides is 4. The second-order valence-corrected chi connectivity index (χ2v) is 7.36. The van der Waals surface area contributed by atoms with Crippen molar-refractivity contribution in [3.63, 3.8) is 0 Å². The number of nitrogens with zero attached hydrogens (tertiary/aromatic N) is 2. The molecular formula is C11H18F4N2O3S. The van der Waals surface area contributed by atoms with Gasteiger partial charge in [0.1, 0.15) is 9.84 Å². The number of hydrogen-bond acceptors (Lipinski definition) is 4. The van der Waals surface area contributed by atoms with E-state index < -0.39 is 28.7 Å². The number of amides is 1. The molecule has 0 radical (unpaired) electrons. The maximum absolute atomic E-state index is 12.9. The molecule has 21 heavy (non-hydrogen) atoms. The first-order chi connectivity index (χ1) is 9.51. The van der Waals surface area contributed by atoms with Gasteiger partial charge in [-0.2, -0.15) is 8.78 Å². The Morgan fingerprint density at radius 3 is 2.14 bits per heavy atom. The first kappa shape index (κ1) is 18.1. The van der Waals surface area contributed by atoms with E-state index in [1.54, 1.807) is 0 Å². The Bertz CT molecular complexity index is 462. The maximum Gasteiger partial charge on any atom is 0.319 e. The van der Waals surface area contributed by atoms with Gasteiger partial charge in [0, 0.05) is 38.9 Å². The fourth-order valence-electron chi connectivity index (χ4n) is 1.95. The van der Waals surface area contributed by atoms with E-state index in [1.165, 1.54) is 9.80 Å². The first-order valence-corrected chi connectivity index (χ1v) is 8.41. The van der Waals surface area contributed by atoms with Crippen LogP contribution in [0.5, 0.6) is 0 Å². The smallest absolute Gasteiger partial charge is 0.319 e. The molecule has 0 saturated carbocycles. The summed E-state index contributed by atoms with van der Waals surface area (Å²) in [6, 6.07) is 0. The van der Waals surface area contributed by atoms with E-state index in [2.05, 4.69) is 0 Å². The van der Waals surface area contributed by atoms with Gasteiger partial charge in [-0.1, -0.05) is 0 Å². The van der Waals surface area contributed by atoms with E-state index in [4.69, 9.17) is 0 Å². The summed E-state index contributed by atoms with van der Waals surface area (Å²) in [5, 5.41) is 0. The van der Waals surface area contributed by atoms with Crippen LogP contribution in [0, 0.1) is 0 Å². The zero-order valence-corrected chi connectivity index (χ0v) is 12.4. The number of hydrogen-bond donors (Lipinski definition) is 0. The van der Waals surface area contributed by atoms with Gasteiger partial charge >= 0.3 is 12.3 Å². The molecule has 5 nitrogen and oxygen atoms in total. The van der Waals surface area contributed by atoms with Crippen molar-refractivity contribution in [2.45, 2.75) is 18.8 Å². The summed E-state index contributed by atoms with van der Waals surface area (Å²) in [4.78, 5) is 14.3. The van der Waals surface area contributed by atoms with Crippen LogP contribution < -0.4 is 0 Å². The number of sulfone groups is 1. The fourth-order valence-corrected chi connectivity index (χ4v) is 2.50. The van der Waals surface area contributed by atoms with Gasteiger partial charge in [-0.05, 0) is 0 Å². The van der Waals surface area contributed by atoms with Crippen LogP contribution >= 0.6 is 0 Å². The highest BCUT2D eigenvalue weighted by atomic mass is 32.2. The molecule has 1 amide bonds. The molecule has 0 bridgehead atoms. The third-order valence-electron chi connectivity index (χ3n) is 3.17. The Labute approximate surface area is 120 Å². The van der Waals surface area contributed by atoms with Crippen molar-refractivity contribution in [3.8, 4) is 0 Å². The van der Waals surface area contributed by atoms with Crippen LogP contribution in [0.25, 0.3) is 0 Å². The zero-order valence-electron chi connectivity index (χ0n) is 11.6. The van der Waals surface area contributed by atoms with Gasteiger partial charge in [-0.25, -0.2) is 17.2 Å². The van der Waals surface area contributed by atoms with E-state index in [1.807, 2.05) is 0 Å². The molecule has 0 aromatic carbocycles. The molecule has 1 rings (SSSR count). The molecule has 0 aliphatic carbocycles. The topological polar surface area (TPSA) is 57.7 Å². The second kappa shape index (κ2) is 6.91. The molecule has 1 aliphatic heterocycles. The molecule has 124 valence electrons. The maximum atomic E-state index is 12.9. The lowest BCUT2D eigenvalue weighted by Crippen LogP contribution is -2.52. The SMILES string of the molecule is CS(=O)(=O)CCC(=O)N1CCN(CC(F)(F)C(F)F)CC1. The number of piperazine rings is 1. The van der Waals surface area contributed by atoms with Crippen LogP contribution in [0.15, 0.2) is 0 Å². The van der Waals surface area contributed by atoms with Crippen molar-refractivity contribution in [3.05, 3.63) is 0 Å². The van der Waals surface area contributed by atoms with Gasteiger partial charge < -0.3 is 4.90 Å². The lowest BCUT2D eigenvalue weighted by Gasteiger charge is -2.36. The summed E-state index contributed by atoms with van der Waals surface area (Å²) in [6.07, 6.45) is -2.86. The van der Waals surface area contributed by atoms with Gasteiger partial charge in [0.15, 0.2) is 0 Å². The lowest BCUT2D eigenvalue weighted by molar-refractivity contribution is -0.148. The van der Waals surface area contributed by atoms with Gasteiger partial charge in [-0.15, -0.1) is 0 Å². The van der Waals surface area contributed by atoms with Crippen molar-refractivity contribution in [1.82, 2.24) is 9.80 Å². The van der Waals surface area contributed by atoms with Crippen molar-refractivity contribution in [2.24, 2.45) is 0 Å². The largest absolute Gasteiger partial charge is 0.340 e. The molecule has 0 unspecified atom stereocenters. The van der Waals surface area contributed by atoms with Crippen LogP contribution in [0.2, 0.25) is 0 Å². The average Bonchev–Trinajstić information content (AvgIpc) is 2.35. The Morgan fingerprint density at radius 2 is 1.71 bits per heavy atom. The number of carbonyl (C=O) groups excluding carboxylic acids is 1. The Morgan fingerprint density at radius 1 is 1.19 bits per heavy atom. The standard InChI is InChI=1S/C11H18F4N2O3S/c1-21(19,20)7-2-9(18)17-5-3-16(4-6-17)8-11(14,15)10(12)13/h10H,2-8H2,1H3. The summed E-state index contributed by atoms with van der Waals surface area (Å²) in [5.74, 6) is -4.71. The summed E-state index contributed by atoms with van der Waals surface area (Å²) in [6.45, 7) is -0.667. The van der Waals surface area contributed by atoms with E-state index in [0.717, 1.165) is 6.26 Å². The van der Waals surface area contributed by atoms with Gasteiger partial charge in [-0.3, -0.25) is 9.69 Å². The first-order valence-electron chi connectivity index (χ1n) is 6.35. The number of rotatable bonds is 6. The minimum atomic E-state index is -4.07. The normalized spacial score (nSPS) is 18.3. The minimum absolute atomic E-state index is 0.0624. The molecule has 1 aliphatic rings. The van der Waals surface area contributed by atoms with Crippen LogP contribution in [0.4, 0.5) is 17.6 Å².